The fourth-order valence-electron chi connectivity index (χ4n) is 2.03. The van der Waals surface area contributed by atoms with Gasteiger partial charge in [0, 0.05) is 6.54 Å². The number of nitrogens with zero attached hydrogens (tertiary/aromatic N) is 5. The third-order valence-corrected chi connectivity index (χ3v) is 2.98. The quantitative estimate of drug-likeness (QED) is 0.846. The molecule has 2 aromatic heterocycles. The molecule has 7 heteroatoms. The Balaban J connectivity index is 2.32. The number of aromatic carboxylic acids is 1. The SMILES string of the molecule is CCCc1c(C(=O)O)nnn1Cc1cncn1CC. The zero-order valence-corrected chi connectivity index (χ0v) is 11.1. The summed E-state index contributed by atoms with van der Waals surface area (Å²) >= 11 is 0. The van der Waals surface area contributed by atoms with Crippen LogP contribution in [0.1, 0.15) is 42.1 Å². The van der Waals surface area contributed by atoms with E-state index >= 15 is 0 Å². The fraction of sp³-hybridized carbons (Fsp3) is 0.500. The van der Waals surface area contributed by atoms with Gasteiger partial charge in [-0.25, -0.2) is 14.5 Å². The van der Waals surface area contributed by atoms with Gasteiger partial charge in [0.05, 0.1) is 30.5 Å². The Hall–Kier alpha value is -2.18. The van der Waals surface area contributed by atoms with Crippen molar-refractivity contribution in [2.45, 2.75) is 39.8 Å². The first-order valence-corrected chi connectivity index (χ1v) is 6.32. The largest absolute Gasteiger partial charge is 0.476 e. The van der Waals surface area contributed by atoms with Gasteiger partial charge in [-0.15, -0.1) is 5.10 Å². The van der Waals surface area contributed by atoms with Crippen LogP contribution in [0.2, 0.25) is 0 Å². The number of carbonyl (C=O) groups is 1. The van der Waals surface area contributed by atoms with E-state index in [-0.39, 0.29) is 5.69 Å². The molecule has 2 aromatic rings. The van der Waals surface area contributed by atoms with Crippen LogP contribution in [-0.4, -0.2) is 35.6 Å². The average Bonchev–Trinajstić information content (AvgIpc) is 2.98. The number of hydrogen-bond acceptors (Lipinski definition) is 4. The number of imidazole rings is 1. The molecule has 0 atom stereocenters. The third kappa shape index (κ3) is 2.64. The maximum absolute atomic E-state index is 11.1. The van der Waals surface area contributed by atoms with Crippen molar-refractivity contribution >= 4 is 5.97 Å². The standard InChI is InChI=1S/C12H17N5O2/c1-3-5-10-11(12(18)19)14-15-17(10)7-9-6-13-8-16(9)4-2/h6,8H,3-5,7H2,1-2H3,(H,18,19). The molecule has 0 bridgehead atoms. The van der Waals surface area contributed by atoms with Crippen LogP contribution in [0.25, 0.3) is 0 Å². The van der Waals surface area contributed by atoms with E-state index < -0.39 is 5.97 Å². The first-order valence-electron chi connectivity index (χ1n) is 6.32. The molecule has 19 heavy (non-hydrogen) atoms. The summed E-state index contributed by atoms with van der Waals surface area (Å²) in [5.41, 5.74) is 1.70. The molecule has 0 amide bonds. The van der Waals surface area contributed by atoms with E-state index in [1.54, 1.807) is 17.2 Å². The molecular formula is C12H17N5O2. The predicted octanol–water partition coefficient (Wildman–Crippen LogP) is 1.19. The number of rotatable bonds is 6. The molecular weight excluding hydrogens is 246 g/mol. The Bertz CT molecular complexity index is 572. The summed E-state index contributed by atoms with van der Waals surface area (Å²) in [5, 5.41) is 16.8. The van der Waals surface area contributed by atoms with E-state index in [9.17, 15) is 4.79 Å². The molecule has 0 saturated heterocycles. The highest BCUT2D eigenvalue weighted by Crippen LogP contribution is 2.11. The lowest BCUT2D eigenvalue weighted by Crippen LogP contribution is -2.12. The summed E-state index contributed by atoms with van der Waals surface area (Å²) < 4.78 is 3.65. The zero-order valence-electron chi connectivity index (χ0n) is 11.1. The number of carboxylic acid groups (broad SMARTS) is 1. The third-order valence-electron chi connectivity index (χ3n) is 2.98. The summed E-state index contributed by atoms with van der Waals surface area (Å²) in [6.45, 7) is 5.34. The Morgan fingerprint density at radius 1 is 1.42 bits per heavy atom. The average molecular weight is 263 g/mol. The van der Waals surface area contributed by atoms with Crippen LogP contribution in [0.4, 0.5) is 0 Å². The van der Waals surface area contributed by atoms with Crippen molar-refractivity contribution in [2.24, 2.45) is 0 Å². The van der Waals surface area contributed by atoms with E-state index in [4.69, 9.17) is 5.11 Å². The van der Waals surface area contributed by atoms with Crippen molar-refractivity contribution in [1.82, 2.24) is 24.5 Å². The number of aromatic nitrogens is 5. The minimum Gasteiger partial charge on any atom is -0.476 e. The van der Waals surface area contributed by atoms with Crippen molar-refractivity contribution in [3.05, 3.63) is 29.6 Å². The van der Waals surface area contributed by atoms with Gasteiger partial charge in [0.25, 0.3) is 0 Å². The number of carboxylic acids is 1. The maximum Gasteiger partial charge on any atom is 0.358 e. The van der Waals surface area contributed by atoms with Crippen LogP contribution >= 0.6 is 0 Å². The van der Waals surface area contributed by atoms with E-state index in [1.165, 1.54) is 0 Å². The normalized spacial score (nSPS) is 10.8. The molecule has 0 saturated carbocycles. The van der Waals surface area contributed by atoms with Gasteiger partial charge in [0.1, 0.15) is 0 Å². The van der Waals surface area contributed by atoms with Crippen molar-refractivity contribution in [2.75, 3.05) is 0 Å². The molecule has 0 unspecified atom stereocenters. The molecule has 1 N–H and O–H groups in total. The van der Waals surface area contributed by atoms with E-state index in [2.05, 4.69) is 15.3 Å². The van der Waals surface area contributed by atoms with Gasteiger partial charge < -0.3 is 9.67 Å². The molecule has 2 rings (SSSR count). The van der Waals surface area contributed by atoms with E-state index in [1.807, 2.05) is 18.4 Å². The smallest absolute Gasteiger partial charge is 0.358 e. The van der Waals surface area contributed by atoms with Gasteiger partial charge >= 0.3 is 5.97 Å². The second kappa shape index (κ2) is 5.64. The van der Waals surface area contributed by atoms with Crippen molar-refractivity contribution in [1.29, 1.82) is 0 Å². The Labute approximate surface area is 110 Å². The highest BCUT2D eigenvalue weighted by molar-refractivity contribution is 5.86. The molecule has 0 radical (unpaired) electrons. The van der Waals surface area contributed by atoms with Gasteiger partial charge in [0.2, 0.25) is 0 Å². The van der Waals surface area contributed by atoms with Crippen LogP contribution in [0.15, 0.2) is 12.5 Å². The van der Waals surface area contributed by atoms with Gasteiger partial charge in [0.15, 0.2) is 5.69 Å². The molecule has 102 valence electrons. The van der Waals surface area contributed by atoms with Crippen LogP contribution < -0.4 is 0 Å². The molecule has 0 aliphatic heterocycles. The molecule has 0 fully saturated rings. The summed E-state index contributed by atoms with van der Waals surface area (Å²) in [4.78, 5) is 15.2. The maximum atomic E-state index is 11.1. The monoisotopic (exact) mass is 263 g/mol. The van der Waals surface area contributed by atoms with Crippen molar-refractivity contribution < 1.29 is 9.90 Å². The molecule has 0 aliphatic carbocycles. The molecule has 7 nitrogen and oxygen atoms in total. The second-order valence-electron chi connectivity index (χ2n) is 4.27. The summed E-state index contributed by atoms with van der Waals surface area (Å²) in [6.07, 6.45) is 5.01. The van der Waals surface area contributed by atoms with Crippen LogP contribution in [0, 0.1) is 0 Å². The number of hydrogen-bond donors (Lipinski definition) is 1. The summed E-state index contributed by atoms with van der Waals surface area (Å²) in [7, 11) is 0. The lowest BCUT2D eigenvalue weighted by molar-refractivity contribution is 0.0689. The first kappa shape index (κ1) is 13.3. The van der Waals surface area contributed by atoms with Gasteiger partial charge in [-0.05, 0) is 13.3 Å². The van der Waals surface area contributed by atoms with Crippen LogP contribution in [0.5, 0.6) is 0 Å². The fourth-order valence-corrected chi connectivity index (χ4v) is 2.03. The molecule has 0 aliphatic rings. The van der Waals surface area contributed by atoms with E-state index in [0.717, 1.165) is 18.7 Å². The summed E-state index contributed by atoms with van der Waals surface area (Å²) in [5.74, 6) is -1.03. The first-order chi connectivity index (χ1) is 9.17. The number of aryl methyl sites for hydroxylation is 1. The molecule has 0 spiro atoms. The Morgan fingerprint density at radius 3 is 2.84 bits per heavy atom. The lowest BCUT2D eigenvalue weighted by Gasteiger charge is -2.08. The Kier molecular flexibility index (Phi) is 3.94. The highest BCUT2D eigenvalue weighted by atomic mass is 16.4. The lowest BCUT2D eigenvalue weighted by atomic mass is 10.2. The second-order valence-corrected chi connectivity index (χ2v) is 4.27. The van der Waals surface area contributed by atoms with Crippen molar-refractivity contribution in [3.63, 3.8) is 0 Å². The van der Waals surface area contributed by atoms with E-state index in [0.29, 0.717) is 18.7 Å². The van der Waals surface area contributed by atoms with Crippen LogP contribution in [0.3, 0.4) is 0 Å². The Morgan fingerprint density at radius 2 is 2.21 bits per heavy atom. The predicted molar refractivity (Wildman–Crippen MR) is 68.0 cm³/mol. The topological polar surface area (TPSA) is 85.8 Å². The van der Waals surface area contributed by atoms with Gasteiger partial charge in [-0.1, -0.05) is 18.6 Å². The summed E-state index contributed by atoms with van der Waals surface area (Å²) in [6, 6.07) is 0. The minimum absolute atomic E-state index is 0.0458. The molecule has 0 aromatic carbocycles. The zero-order chi connectivity index (χ0) is 13.8. The van der Waals surface area contributed by atoms with Gasteiger partial charge in [-0.3, -0.25) is 0 Å². The van der Waals surface area contributed by atoms with Gasteiger partial charge in [-0.2, -0.15) is 0 Å². The minimum atomic E-state index is -1.03. The molecule has 2 heterocycles. The van der Waals surface area contributed by atoms with Crippen LogP contribution in [-0.2, 0) is 19.5 Å². The van der Waals surface area contributed by atoms with Crippen molar-refractivity contribution in [3.8, 4) is 0 Å². The highest BCUT2D eigenvalue weighted by Gasteiger charge is 2.18.